The van der Waals surface area contributed by atoms with E-state index >= 15 is 0 Å². The van der Waals surface area contributed by atoms with Gasteiger partial charge in [0.15, 0.2) is 5.03 Å². The number of piperazine rings is 1. The Morgan fingerprint density at radius 2 is 1.74 bits per heavy atom. The van der Waals surface area contributed by atoms with Gasteiger partial charge in [0.25, 0.3) is 6.04 Å². The van der Waals surface area contributed by atoms with E-state index in [2.05, 4.69) is 5.32 Å². The summed E-state index contributed by atoms with van der Waals surface area (Å²) >= 11 is 0. The summed E-state index contributed by atoms with van der Waals surface area (Å²) in [7, 11) is 0. The van der Waals surface area contributed by atoms with Crippen LogP contribution in [-0.2, 0) is 0 Å². The molecule has 2 fully saturated rings. The Hall–Kier alpha value is -1.52. The van der Waals surface area contributed by atoms with Crippen LogP contribution in [0.25, 0.3) is 0 Å². The second-order valence-electron chi connectivity index (χ2n) is 5.95. The summed E-state index contributed by atoms with van der Waals surface area (Å²) in [6.45, 7) is 7.85. The van der Waals surface area contributed by atoms with Gasteiger partial charge in [-0.2, -0.15) is 0 Å². The van der Waals surface area contributed by atoms with Crippen molar-refractivity contribution in [1.29, 1.82) is 0 Å². The molecule has 2 aliphatic rings. The Kier molecular flexibility index (Phi) is 6.08. The molecule has 0 spiro atoms. The molecule has 23 heavy (non-hydrogen) atoms. The zero-order valence-electron chi connectivity index (χ0n) is 13.8. The molecule has 10 nitrogen and oxygen atoms in total. The highest BCUT2D eigenvalue weighted by Gasteiger charge is 2.53. The molecule has 0 aromatic heterocycles. The number of hydrazine groups is 1. The van der Waals surface area contributed by atoms with E-state index in [1.54, 1.807) is 0 Å². The number of nitrogens with one attached hydrogen (secondary N) is 1. The van der Waals surface area contributed by atoms with E-state index in [0.29, 0.717) is 52.1 Å². The molecule has 2 heterocycles. The van der Waals surface area contributed by atoms with E-state index in [1.807, 2.05) is 23.6 Å². The van der Waals surface area contributed by atoms with E-state index in [-0.39, 0.29) is 4.92 Å². The highest BCUT2D eigenvalue weighted by Crippen LogP contribution is 2.29. The molecule has 3 atom stereocenters. The lowest BCUT2D eigenvalue weighted by molar-refractivity contribution is -0.705. The van der Waals surface area contributed by atoms with Crippen LogP contribution in [0.1, 0.15) is 26.7 Å². The number of piperidine rings is 1. The molecule has 0 saturated carbocycles. The fraction of sp³-hybridized carbons (Fsp3) is 1.00. The van der Waals surface area contributed by atoms with Crippen LogP contribution >= 0.6 is 0 Å². The fourth-order valence-electron chi connectivity index (χ4n) is 3.73. The molecular weight excluding hydrogens is 304 g/mol. The van der Waals surface area contributed by atoms with Gasteiger partial charge < -0.3 is 5.32 Å². The molecule has 0 amide bonds. The predicted octanol–water partition coefficient (Wildman–Crippen LogP) is -0.182. The summed E-state index contributed by atoms with van der Waals surface area (Å²) in [6, 6.07) is -0.926. The van der Waals surface area contributed by atoms with Gasteiger partial charge in [0.05, 0.1) is 0 Å². The van der Waals surface area contributed by atoms with E-state index in [4.69, 9.17) is 0 Å². The monoisotopic (exact) mass is 330 g/mol. The first-order valence-electron chi connectivity index (χ1n) is 8.26. The number of nitrogens with zero attached hydrogens (tertiary/aromatic N) is 5. The van der Waals surface area contributed by atoms with E-state index in [9.17, 15) is 20.2 Å². The molecule has 3 unspecified atom stereocenters. The molecule has 132 valence electrons. The van der Waals surface area contributed by atoms with Gasteiger partial charge in [-0.3, -0.25) is 19.9 Å². The Morgan fingerprint density at radius 3 is 2.22 bits per heavy atom. The average molecular weight is 330 g/mol. The molecule has 0 bridgehead atoms. The van der Waals surface area contributed by atoms with Crippen molar-refractivity contribution in [2.45, 2.75) is 45.1 Å². The largest absolute Gasteiger partial charge is 0.314 e. The van der Waals surface area contributed by atoms with Crippen LogP contribution in [0.3, 0.4) is 0 Å². The van der Waals surface area contributed by atoms with Crippen LogP contribution in [0.2, 0.25) is 0 Å². The first-order valence-corrected chi connectivity index (χ1v) is 8.26. The van der Waals surface area contributed by atoms with Crippen molar-refractivity contribution >= 4 is 0 Å². The minimum absolute atomic E-state index is 0.346. The highest BCUT2D eigenvalue weighted by molar-refractivity contribution is 4.88. The summed E-state index contributed by atoms with van der Waals surface area (Å²) in [5.74, 6) is 0. The van der Waals surface area contributed by atoms with Crippen molar-refractivity contribution in [3.63, 3.8) is 0 Å². The summed E-state index contributed by atoms with van der Waals surface area (Å²) in [4.78, 5) is 26.8. The maximum atomic E-state index is 11.8. The predicted molar refractivity (Wildman–Crippen MR) is 83.8 cm³/mol. The number of hydrogen-bond acceptors (Lipinski definition) is 7. The maximum Gasteiger partial charge on any atom is 0.252 e. The molecule has 2 aliphatic heterocycles. The normalized spacial score (nSPS) is 29.7. The summed E-state index contributed by atoms with van der Waals surface area (Å²) in [5.41, 5.74) is 0. The quantitative estimate of drug-likeness (QED) is 0.528. The van der Waals surface area contributed by atoms with Gasteiger partial charge in [-0.05, 0) is 19.5 Å². The Balaban J connectivity index is 2.33. The molecule has 1 N–H and O–H groups in total. The first-order chi connectivity index (χ1) is 11.0. The van der Waals surface area contributed by atoms with E-state index in [0.717, 1.165) is 5.01 Å². The Labute approximate surface area is 135 Å². The van der Waals surface area contributed by atoms with Gasteiger partial charge in [0.1, 0.15) is 6.17 Å². The third-order valence-corrected chi connectivity index (χ3v) is 4.86. The fourth-order valence-corrected chi connectivity index (χ4v) is 3.73. The first kappa shape index (κ1) is 17.8. The van der Waals surface area contributed by atoms with Crippen LogP contribution in [0.15, 0.2) is 0 Å². The lowest BCUT2D eigenvalue weighted by atomic mass is 9.98. The molecule has 0 aliphatic carbocycles. The standard InChI is InChI=1S/C13H26N6O4/c1-3-15(4-2)12-6-5-11(18(20)21)13(17(12)19(22)23)16-9-7-14-8-10-16/h11-14H,3-10H2,1-2H3. The van der Waals surface area contributed by atoms with Gasteiger partial charge in [0.2, 0.25) is 6.17 Å². The van der Waals surface area contributed by atoms with Gasteiger partial charge in [-0.25, -0.2) is 10.1 Å². The van der Waals surface area contributed by atoms with Crippen molar-refractivity contribution in [1.82, 2.24) is 20.1 Å². The van der Waals surface area contributed by atoms with Gasteiger partial charge in [-0.1, -0.05) is 18.9 Å². The number of rotatable bonds is 6. The zero-order valence-corrected chi connectivity index (χ0v) is 13.8. The van der Waals surface area contributed by atoms with Gasteiger partial charge in [0, 0.05) is 37.5 Å². The van der Waals surface area contributed by atoms with Crippen molar-refractivity contribution in [2.24, 2.45) is 0 Å². The van der Waals surface area contributed by atoms with Crippen molar-refractivity contribution in [3.05, 3.63) is 20.2 Å². The van der Waals surface area contributed by atoms with Crippen molar-refractivity contribution in [2.75, 3.05) is 39.3 Å². The second-order valence-corrected chi connectivity index (χ2v) is 5.95. The molecule has 0 aromatic carbocycles. The van der Waals surface area contributed by atoms with Gasteiger partial charge in [-0.15, -0.1) is 0 Å². The molecule has 0 radical (unpaired) electrons. The molecule has 2 rings (SSSR count). The SMILES string of the molecule is CCN(CC)C1CCC([N+](=O)[O-])C(N2CCNCC2)N1[N+](=O)[O-]. The number of nitro groups is 2. The van der Waals surface area contributed by atoms with Crippen LogP contribution in [0, 0.1) is 20.2 Å². The smallest absolute Gasteiger partial charge is 0.252 e. The van der Waals surface area contributed by atoms with Gasteiger partial charge >= 0.3 is 0 Å². The molecule has 10 heteroatoms. The topological polar surface area (TPSA) is 108 Å². The minimum atomic E-state index is -0.926. The van der Waals surface area contributed by atoms with Crippen molar-refractivity contribution in [3.8, 4) is 0 Å². The average Bonchev–Trinajstić information content (AvgIpc) is 2.55. The Bertz CT molecular complexity index is 427. The van der Waals surface area contributed by atoms with Crippen LogP contribution in [0.5, 0.6) is 0 Å². The molecule has 0 aromatic rings. The van der Waals surface area contributed by atoms with E-state index < -0.39 is 23.4 Å². The van der Waals surface area contributed by atoms with Crippen LogP contribution in [0.4, 0.5) is 0 Å². The van der Waals surface area contributed by atoms with Crippen LogP contribution < -0.4 is 5.32 Å². The van der Waals surface area contributed by atoms with E-state index in [1.165, 1.54) is 0 Å². The maximum absolute atomic E-state index is 11.8. The summed E-state index contributed by atoms with van der Waals surface area (Å²) in [5, 5.41) is 27.1. The third-order valence-electron chi connectivity index (χ3n) is 4.86. The molecule has 2 saturated heterocycles. The van der Waals surface area contributed by atoms with Crippen LogP contribution in [-0.4, -0.2) is 82.4 Å². The summed E-state index contributed by atoms with van der Waals surface area (Å²) in [6.07, 6.45) is -0.373. The lowest BCUT2D eigenvalue weighted by Crippen LogP contribution is -2.69. The summed E-state index contributed by atoms with van der Waals surface area (Å²) < 4.78 is 0. The third kappa shape index (κ3) is 3.70. The van der Waals surface area contributed by atoms with Crippen molar-refractivity contribution < 1.29 is 9.96 Å². The minimum Gasteiger partial charge on any atom is -0.314 e. The highest BCUT2D eigenvalue weighted by atomic mass is 16.7. The lowest BCUT2D eigenvalue weighted by Gasteiger charge is -2.45. The Morgan fingerprint density at radius 1 is 1.13 bits per heavy atom. The second kappa shape index (κ2) is 7.84. The number of hydrogen-bond donors (Lipinski definition) is 1. The molecular formula is C13H26N6O4. The zero-order chi connectivity index (χ0) is 17.0.